The quantitative estimate of drug-likeness (QED) is 0.820. The molecule has 2 rings (SSSR count). The predicted molar refractivity (Wildman–Crippen MR) is 76.7 cm³/mol. The second-order valence-electron chi connectivity index (χ2n) is 6.85. The van der Waals surface area contributed by atoms with Gasteiger partial charge in [-0.25, -0.2) is 4.79 Å². The molecule has 1 aliphatic rings. The summed E-state index contributed by atoms with van der Waals surface area (Å²) in [5, 5.41) is 9.30. The molecule has 1 aliphatic carbocycles. The lowest BCUT2D eigenvalue weighted by atomic mass is 10.00. The second kappa shape index (κ2) is 4.66. The molecule has 108 valence electrons. The van der Waals surface area contributed by atoms with Gasteiger partial charge in [-0.3, -0.25) is 4.57 Å². The van der Waals surface area contributed by atoms with E-state index < -0.39 is 5.60 Å². The zero-order chi connectivity index (χ0) is 15.1. The van der Waals surface area contributed by atoms with Crippen LogP contribution in [0.1, 0.15) is 64.6 Å². The number of aromatic nitrogens is 1. The predicted octanol–water partition coefficient (Wildman–Crippen LogP) is 3.95. The van der Waals surface area contributed by atoms with Crippen LogP contribution >= 0.6 is 0 Å². The number of nitrogens with zero attached hydrogens (tertiary/aromatic N) is 2. The van der Waals surface area contributed by atoms with E-state index in [1.807, 2.05) is 40.7 Å². The van der Waals surface area contributed by atoms with Crippen LogP contribution < -0.4 is 0 Å². The van der Waals surface area contributed by atoms with E-state index in [4.69, 9.17) is 4.74 Å². The van der Waals surface area contributed by atoms with Crippen LogP contribution in [-0.4, -0.2) is 16.3 Å². The van der Waals surface area contributed by atoms with Crippen LogP contribution in [0.25, 0.3) is 0 Å². The third kappa shape index (κ3) is 2.72. The molecule has 0 atom stereocenters. The van der Waals surface area contributed by atoms with E-state index in [1.165, 1.54) is 0 Å². The summed E-state index contributed by atoms with van der Waals surface area (Å²) >= 11 is 0. The first-order chi connectivity index (χ1) is 9.18. The Morgan fingerprint density at radius 3 is 2.45 bits per heavy atom. The molecule has 0 N–H and O–H groups in total. The lowest BCUT2D eigenvalue weighted by Crippen LogP contribution is -2.27. The second-order valence-corrected chi connectivity index (χ2v) is 6.85. The fourth-order valence-electron chi connectivity index (χ4n) is 2.25. The van der Waals surface area contributed by atoms with Crippen molar-refractivity contribution in [3.8, 4) is 6.07 Å². The highest BCUT2D eigenvalue weighted by molar-refractivity contribution is 5.73. The van der Waals surface area contributed by atoms with Gasteiger partial charge >= 0.3 is 6.09 Å². The molecule has 0 amide bonds. The molecule has 1 aromatic heterocycles. The SMILES string of the molecule is CC(C)c1cc(C2(C#N)CC2)cn1C(=O)OC(C)(C)C. The number of rotatable bonds is 2. The van der Waals surface area contributed by atoms with Crippen molar-refractivity contribution in [1.29, 1.82) is 5.26 Å². The minimum absolute atomic E-state index is 0.200. The topological polar surface area (TPSA) is 55.0 Å². The van der Waals surface area contributed by atoms with Gasteiger partial charge in [0, 0.05) is 11.9 Å². The molecule has 0 bridgehead atoms. The number of carbonyl (C=O) groups is 1. The molecule has 0 aromatic carbocycles. The van der Waals surface area contributed by atoms with Crippen LogP contribution in [0.2, 0.25) is 0 Å². The Balaban J connectivity index is 2.37. The summed E-state index contributed by atoms with van der Waals surface area (Å²) in [7, 11) is 0. The van der Waals surface area contributed by atoms with E-state index in [9.17, 15) is 10.1 Å². The highest BCUT2D eigenvalue weighted by Gasteiger charge is 2.46. The number of carbonyl (C=O) groups excluding carboxylic acids is 1. The van der Waals surface area contributed by atoms with E-state index >= 15 is 0 Å². The van der Waals surface area contributed by atoms with E-state index in [-0.39, 0.29) is 17.4 Å². The summed E-state index contributed by atoms with van der Waals surface area (Å²) in [5.41, 5.74) is 0.935. The summed E-state index contributed by atoms with van der Waals surface area (Å²) < 4.78 is 6.99. The normalized spacial score (nSPS) is 16.9. The Bertz CT molecular complexity index is 566. The van der Waals surface area contributed by atoms with Crippen molar-refractivity contribution in [3.05, 3.63) is 23.5 Å². The molecule has 4 nitrogen and oxygen atoms in total. The van der Waals surface area contributed by atoms with Crippen LogP contribution in [-0.2, 0) is 10.2 Å². The molecule has 0 spiro atoms. The summed E-state index contributed by atoms with van der Waals surface area (Å²) in [6.45, 7) is 9.61. The summed E-state index contributed by atoms with van der Waals surface area (Å²) in [6, 6.07) is 4.35. The van der Waals surface area contributed by atoms with Gasteiger partial charge < -0.3 is 4.74 Å². The van der Waals surface area contributed by atoms with Crippen LogP contribution in [0.5, 0.6) is 0 Å². The average Bonchev–Trinajstić information content (AvgIpc) is 2.97. The molecule has 1 saturated carbocycles. The Hall–Kier alpha value is -1.76. The summed E-state index contributed by atoms with van der Waals surface area (Å²) in [4.78, 5) is 12.3. The van der Waals surface area contributed by atoms with Gasteiger partial charge in [0.15, 0.2) is 0 Å². The zero-order valence-electron chi connectivity index (χ0n) is 12.9. The van der Waals surface area contributed by atoms with Crippen molar-refractivity contribution >= 4 is 6.09 Å². The highest BCUT2D eigenvalue weighted by Crippen LogP contribution is 2.48. The Morgan fingerprint density at radius 2 is 2.05 bits per heavy atom. The Kier molecular flexibility index (Phi) is 3.41. The minimum atomic E-state index is -0.526. The van der Waals surface area contributed by atoms with Crippen LogP contribution in [0, 0.1) is 11.3 Å². The smallest absolute Gasteiger partial charge is 0.418 e. The number of nitriles is 1. The van der Waals surface area contributed by atoms with Gasteiger partial charge in [0.05, 0.1) is 11.5 Å². The third-order valence-corrected chi connectivity index (χ3v) is 3.55. The highest BCUT2D eigenvalue weighted by atomic mass is 16.6. The fraction of sp³-hybridized carbons (Fsp3) is 0.625. The maximum Gasteiger partial charge on any atom is 0.418 e. The standard InChI is InChI=1S/C16H22N2O2/c1-11(2)13-8-12(16(10-17)6-7-16)9-18(13)14(19)20-15(3,4)5/h8-9,11H,6-7H2,1-5H3. The molecule has 20 heavy (non-hydrogen) atoms. The molecule has 1 aromatic rings. The van der Waals surface area contributed by atoms with E-state index in [0.717, 1.165) is 24.1 Å². The van der Waals surface area contributed by atoms with Gasteiger partial charge in [-0.1, -0.05) is 13.8 Å². The van der Waals surface area contributed by atoms with Gasteiger partial charge in [0.1, 0.15) is 5.60 Å². The van der Waals surface area contributed by atoms with E-state index in [1.54, 1.807) is 10.8 Å². The van der Waals surface area contributed by atoms with Crippen molar-refractivity contribution in [1.82, 2.24) is 4.57 Å². The minimum Gasteiger partial charge on any atom is -0.443 e. The van der Waals surface area contributed by atoms with E-state index in [2.05, 4.69) is 6.07 Å². The third-order valence-electron chi connectivity index (χ3n) is 3.55. The largest absolute Gasteiger partial charge is 0.443 e. The van der Waals surface area contributed by atoms with Gasteiger partial charge in [0.25, 0.3) is 0 Å². The number of hydrogen-bond acceptors (Lipinski definition) is 3. The maximum atomic E-state index is 12.3. The van der Waals surface area contributed by atoms with Gasteiger partial charge in [-0.15, -0.1) is 0 Å². The van der Waals surface area contributed by atoms with Crippen molar-refractivity contribution in [2.24, 2.45) is 0 Å². The number of hydrogen-bond donors (Lipinski definition) is 0. The first kappa shape index (κ1) is 14.6. The van der Waals surface area contributed by atoms with E-state index in [0.29, 0.717) is 0 Å². The zero-order valence-corrected chi connectivity index (χ0v) is 12.9. The monoisotopic (exact) mass is 274 g/mol. The molecule has 1 heterocycles. The van der Waals surface area contributed by atoms with Crippen molar-refractivity contribution in [2.45, 2.75) is 64.4 Å². The van der Waals surface area contributed by atoms with Crippen LogP contribution in [0.15, 0.2) is 12.3 Å². The molecule has 0 aliphatic heterocycles. The molecular formula is C16H22N2O2. The van der Waals surface area contributed by atoms with Crippen molar-refractivity contribution in [2.75, 3.05) is 0 Å². The van der Waals surface area contributed by atoms with Crippen LogP contribution in [0.3, 0.4) is 0 Å². The van der Waals surface area contributed by atoms with Crippen molar-refractivity contribution in [3.63, 3.8) is 0 Å². The molecule has 0 radical (unpaired) electrons. The van der Waals surface area contributed by atoms with Crippen LogP contribution in [0.4, 0.5) is 4.79 Å². The summed E-state index contributed by atoms with van der Waals surface area (Å²) in [6.07, 6.45) is 3.15. The molecular weight excluding hydrogens is 252 g/mol. The molecule has 0 unspecified atom stereocenters. The Morgan fingerprint density at radius 1 is 1.45 bits per heavy atom. The number of ether oxygens (including phenoxy) is 1. The fourth-order valence-corrected chi connectivity index (χ4v) is 2.25. The van der Waals surface area contributed by atoms with Crippen molar-refractivity contribution < 1.29 is 9.53 Å². The molecule has 4 heteroatoms. The molecule has 1 fully saturated rings. The average molecular weight is 274 g/mol. The van der Waals surface area contributed by atoms with Gasteiger partial charge in [-0.2, -0.15) is 5.26 Å². The summed E-state index contributed by atoms with van der Waals surface area (Å²) in [5.74, 6) is 0.200. The molecule has 0 saturated heterocycles. The van der Waals surface area contributed by atoms with Gasteiger partial charge in [-0.05, 0) is 51.2 Å². The maximum absolute atomic E-state index is 12.3. The first-order valence-corrected chi connectivity index (χ1v) is 7.06. The lowest BCUT2D eigenvalue weighted by Gasteiger charge is -2.21. The first-order valence-electron chi connectivity index (χ1n) is 7.06. The van der Waals surface area contributed by atoms with Gasteiger partial charge in [0.2, 0.25) is 0 Å². The Labute approximate surface area is 120 Å². The lowest BCUT2D eigenvalue weighted by molar-refractivity contribution is 0.0531.